The molecule has 1 fully saturated rings. The highest BCUT2D eigenvalue weighted by atomic mass is 32.1. The van der Waals surface area contributed by atoms with Crippen molar-refractivity contribution in [3.63, 3.8) is 0 Å². The number of carbonyl (C=O) groups is 1. The molecular weight excluding hydrogens is 278 g/mol. The van der Waals surface area contributed by atoms with E-state index in [4.69, 9.17) is 0 Å². The number of nitrogens with one attached hydrogen (secondary N) is 1. The summed E-state index contributed by atoms with van der Waals surface area (Å²) in [5, 5.41) is 14.0. The smallest absolute Gasteiger partial charge is 0.324 e. The number of nitro groups is 1. The second-order valence-electron chi connectivity index (χ2n) is 4.89. The topological polar surface area (TPSA) is 75.5 Å². The first kappa shape index (κ1) is 14.9. The van der Waals surface area contributed by atoms with E-state index in [0.717, 1.165) is 43.7 Å². The number of carbonyl (C=O) groups excluding carboxylic acids is 1. The zero-order valence-corrected chi connectivity index (χ0v) is 12.3. The molecule has 1 amide bonds. The summed E-state index contributed by atoms with van der Waals surface area (Å²) < 4.78 is 0. The zero-order valence-electron chi connectivity index (χ0n) is 11.5. The fourth-order valence-electron chi connectivity index (χ4n) is 2.47. The van der Waals surface area contributed by atoms with Crippen LogP contribution < -0.4 is 5.32 Å². The SMILES string of the molecule is CCCN(C(=O)c1ccc([N+](=O)[O-])s1)C1CCCNC1. The van der Waals surface area contributed by atoms with Gasteiger partial charge in [0.2, 0.25) is 0 Å². The van der Waals surface area contributed by atoms with Crippen molar-refractivity contribution in [3.05, 3.63) is 27.1 Å². The van der Waals surface area contributed by atoms with E-state index in [1.165, 1.54) is 6.07 Å². The summed E-state index contributed by atoms with van der Waals surface area (Å²) in [6.45, 7) is 4.53. The van der Waals surface area contributed by atoms with Crippen molar-refractivity contribution in [1.29, 1.82) is 0 Å². The Balaban J connectivity index is 2.14. The van der Waals surface area contributed by atoms with Gasteiger partial charge in [-0.05, 0) is 31.9 Å². The average Bonchev–Trinajstić information content (AvgIpc) is 2.95. The minimum atomic E-state index is -0.451. The number of piperidine rings is 1. The third kappa shape index (κ3) is 3.34. The highest BCUT2D eigenvalue weighted by Gasteiger charge is 2.27. The molecule has 1 saturated heterocycles. The molecule has 0 aromatic carbocycles. The monoisotopic (exact) mass is 297 g/mol. The van der Waals surface area contributed by atoms with Gasteiger partial charge in [0, 0.05) is 25.2 Å². The first-order chi connectivity index (χ1) is 9.63. The molecule has 1 unspecified atom stereocenters. The minimum Gasteiger partial charge on any atom is -0.334 e. The molecule has 7 heteroatoms. The van der Waals surface area contributed by atoms with Gasteiger partial charge in [0.15, 0.2) is 0 Å². The molecule has 1 N–H and O–H groups in total. The van der Waals surface area contributed by atoms with E-state index in [9.17, 15) is 14.9 Å². The largest absolute Gasteiger partial charge is 0.334 e. The number of nitrogens with zero attached hydrogens (tertiary/aromatic N) is 2. The minimum absolute atomic E-state index is 0.0200. The lowest BCUT2D eigenvalue weighted by atomic mass is 10.1. The van der Waals surface area contributed by atoms with Gasteiger partial charge in [-0.1, -0.05) is 18.3 Å². The Morgan fingerprint density at radius 3 is 2.95 bits per heavy atom. The molecule has 1 aromatic heterocycles. The molecule has 2 rings (SSSR count). The van der Waals surface area contributed by atoms with Crippen LogP contribution in [0.3, 0.4) is 0 Å². The van der Waals surface area contributed by atoms with Crippen LogP contribution in [0.1, 0.15) is 35.9 Å². The van der Waals surface area contributed by atoms with Gasteiger partial charge < -0.3 is 10.2 Å². The van der Waals surface area contributed by atoms with E-state index in [1.807, 2.05) is 11.8 Å². The molecule has 110 valence electrons. The van der Waals surface area contributed by atoms with Crippen LogP contribution in [0, 0.1) is 10.1 Å². The number of rotatable bonds is 5. The van der Waals surface area contributed by atoms with Crippen LogP contribution >= 0.6 is 11.3 Å². The first-order valence-electron chi connectivity index (χ1n) is 6.89. The van der Waals surface area contributed by atoms with Gasteiger partial charge in [0.25, 0.3) is 5.91 Å². The Kier molecular flexibility index (Phi) is 5.08. The van der Waals surface area contributed by atoms with Gasteiger partial charge >= 0.3 is 5.00 Å². The quantitative estimate of drug-likeness (QED) is 0.668. The summed E-state index contributed by atoms with van der Waals surface area (Å²) >= 11 is 0.957. The van der Waals surface area contributed by atoms with E-state index >= 15 is 0 Å². The van der Waals surface area contributed by atoms with Crippen LogP contribution in [0.25, 0.3) is 0 Å². The molecule has 0 spiro atoms. The van der Waals surface area contributed by atoms with Gasteiger partial charge in [0.1, 0.15) is 0 Å². The predicted octanol–water partition coefficient (Wildman–Crippen LogP) is 2.26. The number of amides is 1. The lowest BCUT2D eigenvalue weighted by molar-refractivity contribution is -0.380. The highest BCUT2D eigenvalue weighted by molar-refractivity contribution is 7.17. The van der Waals surface area contributed by atoms with Gasteiger partial charge in [0.05, 0.1) is 9.80 Å². The van der Waals surface area contributed by atoms with Gasteiger partial charge in [-0.15, -0.1) is 0 Å². The van der Waals surface area contributed by atoms with E-state index in [0.29, 0.717) is 11.4 Å². The molecule has 1 aliphatic rings. The molecule has 2 heterocycles. The van der Waals surface area contributed by atoms with Gasteiger partial charge in [-0.3, -0.25) is 14.9 Å². The Morgan fingerprint density at radius 1 is 1.60 bits per heavy atom. The fourth-order valence-corrected chi connectivity index (χ4v) is 3.25. The summed E-state index contributed by atoms with van der Waals surface area (Å²) in [6.07, 6.45) is 2.94. The van der Waals surface area contributed by atoms with Crippen molar-refractivity contribution < 1.29 is 9.72 Å². The third-order valence-corrected chi connectivity index (χ3v) is 4.44. The first-order valence-corrected chi connectivity index (χ1v) is 7.71. The third-order valence-electron chi connectivity index (χ3n) is 3.42. The highest BCUT2D eigenvalue weighted by Crippen LogP contribution is 2.26. The van der Waals surface area contributed by atoms with Crippen molar-refractivity contribution in [2.45, 2.75) is 32.2 Å². The summed E-state index contributed by atoms with van der Waals surface area (Å²) in [4.78, 5) is 25.1. The van der Waals surface area contributed by atoms with E-state index in [2.05, 4.69) is 5.32 Å². The normalized spacial score (nSPS) is 18.8. The summed E-state index contributed by atoms with van der Waals surface area (Å²) in [6, 6.07) is 3.16. The van der Waals surface area contributed by atoms with Gasteiger partial charge in [-0.25, -0.2) is 0 Å². The van der Waals surface area contributed by atoms with Crippen molar-refractivity contribution in [3.8, 4) is 0 Å². The Labute approximate surface area is 121 Å². The zero-order chi connectivity index (χ0) is 14.5. The molecule has 20 heavy (non-hydrogen) atoms. The second-order valence-corrected chi connectivity index (χ2v) is 5.96. The molecule has 1 aromatic rings. The molecule has 0 bridgehead atoms. The van der Waals surface area contributed by atoms with Crippen LogP contribution in [-0.4, -0.2) is 41.4 Å². The molecular formula is C13H19N3O3S. The summed E-state index contributed by atoms with van der Waals surface area (Å²) in [7, 11) is 0. The Bertz CT molecular complexity index is 483. The number of thiophene rings is 1. The average molecular weight is 297 g/mol. The van der Waals surface area contributed by atoms with Crippen molar-refractivity contribution in [1.82, 2.24) is 10.2 Å². The van der Waals surface area contributed by atoms with Crippen LogP contribution in [0.5, 0.6) is 0 Å². The van der Waals surface area contributed by atoms with Crippen molar-refractivity contribution >= 4 is 22.2 Å². The van der Waals surface area contributed by atoms with Crippen molar-refractivity contribution in [2.24, 2.45) is 0 Å². The predicted molar refractivity (Wildman–Crippen MR) is 78.2 cm³/mol. The van der Waals surface area contributed by atoms with E-state index in [-0.39, 0.29) is 17.0 Å². The maximum atomic E-state index is 12.6. The standard InChI is InChI=1S/C13H19N3O3S/c1-2-8-15(10-4-3-7-14-9-10)13(17)11-5-6-12(20-11)16(18)19/h5-6,10,14H,2-4,7-9H2,1H3. The Morgan fingerprint density at radius 2 is 2.40 bits per heavy atom. The van der Waals surface area contributed by atoms with E-state index in [1.54, 1.807) is 6.07 Å². The number of hydrogen-bond donors (Lipinski definition) is 1. The molecule has 0 aliphatic carbocycles. The molecule has 1 atom stereocenters. The molecule has 0 radical (unpaired) electrons. The van der Waals surface area contributed by atoms with Gasteiger partial charge in [-0.2, -0.15) is 0 Å². The lowest BCUT2D eigenvalue weighted by Gasteiger charge is -2.34. The van der Waals surface area contributed by atoms with Crippen molar-refractivity contribution in [2.75, 3.05) is 19.6 Å². The van der Waals surface area contributed by atoms with Crippen LogP contribution in [0.15, 0.2) is 12.1 Å². The summed E-state index contributed by atoms with van der Waals surface area (Å²) in [5.41, 5.74) is 0. The second kappa shape index (κ2) is 6.81. The molecule has 6 nitrogen and oxygen atoms in total. The van der Waals surface area contributed by atoms with Crippen LogP contribution in [-0.2, 0) is 0 Å². The van der Waals surface area contributed by atoms with Crippen LogP contribution in [0.4, 0.5) is 5.00 Å². The molecule has 1 aliphatic heterocycles. The maximum Gasteiger partial charge on any atom is 0.324 e. The van der Waals surface area contributed by atoms with Crippen LogP contribution in [0.2, 0.25) is 0 Å². The van der Waals surface area contributed by atoms with E-state index < -0.39 is 4.92 Å². The molecule has 0 saturated carbocycles. The number of hydrogen-bond acceptors (Lipinski definition) is 5. The Hall–Kier alpha value is -1.47. The fraction of sp³-hybridized carbons (Fsp3) is 0.615. The summed E-state index contributed by atoms with van der Waals surface area (Å²) in [5.74, 6) is -0.0846. The lowest BCUT2D eigenvalue weighted by Crippen LogP contribution is -2.48. The maximum absolute atomic E-state index is 12.6.